The largest absolute Gasteiger partial charge is 0.350 e. The molecule has 2 aromatic rings. The minimum atomic E-state index is -0.198. The minimum absolute atomic E-state index is 0.163. The number of likely N-dealkylation sites (tertiary alicyclic amines) is 1. The molecule has 1 aliphatic heterocycles. The third-order valence-corrected chi connectivity index (χ3v) is 3.81. The maximum Gasteiger partial charge on any atom is 0.251 e. The number of carbonyl (C=O) groups is 3. The standard InChI is InChI=1S/C17H16N2O3/c20-15-8-9-16(21)19(15)11-10-18-17(22)14-7-3-5-12-4-1-2-6-13(12)14/h1-7H,8-11H2,(H,18,22). The Morgan fingerprint density at radius 3 is 2.45 bits per heavy atom. The highest BCUT2D eigenvalue weighted by atomic mass is 16.2. The zero-order valence-corrected chi connectivity index (χ0v) is 12.0. The molecule has 1 saturated heterocycles. The van der Waals surface area contributed by atoms with E-state index < -0.39 is 0 Å². The predicted molar refractivity (Wildman–Crippen MR) is 82.2 cm³/mol. The third kappa shape index (κ3) is 2.70. The van der Waals surface area contributed by atoms with Crippen LogP contribution in [0, 0.1) is 0 Å². The van der Waals surface area contributed by atoms with Crippen LogP contribution >= 0.6 is 0 Å². The monoisotopic (exact) mass is 296 g/mol. The molecule has 0 aliphatic carbocycles. The fraction of sp³-hybridized carbons (Fsp3) is 0.235. The van der Waals surface area contributed by atoms with Gasteiger partial charge in [-0.05, 0) is 16.8 Å². The summed E-state index contributed by atoms with van der Waals surface area (Å²) in [5.74, 6) is -0.523. The second kappa shape index (κ2) is 5.97. The molecule has 0 unspecified atom stereocenters. The van der Waals surface area contributed by atoms with Gasteiger partial charge in [0.1, 0.15) is 0 Å². The van der Waals surface area contributed by atoms with E-state index in [1.54, 1.807) is 6.07 Å². The van der Waals surface area contributed by atoms with Gasteiger partial charge in [0.2, 0.25) is 11.8 Å². The molecule has 0 atom stereocenters. The van der Waals surface area contributed by atoms with Gasteiger partial charge in [-0.3, -0.25) is 19.3 Å². The number of imide groups is 1. The van der Waals surface area contributed by atoms with Crippen LogP contribution in [0.5, 0.6) is 0 Å². The first-order valence-corrected chi connectivity index (χ1v) is 7.26. The van der Waals surface area contributed by atoms with Gasteiger partial charge in [0.25, 0.3) is 5.91 Å². The van der Waals surface area contributed by atoms with Crippen LogP contribution in [0.4, 0.5) is 0 Å². The maximum absolute atomic E-state index is 12.3. The zero-order chi connectivity index (χ0) is 15.5. The van der Waals surface area contributed by atoms with Gasteiger partial charge in [0, 0.05) is 31.5 Å². The van der Waals surface area contributed by atoms with Crippen LogP contribution in [0.15, 0.2) is 42.5 Å². The summed E-state index contributed by atoms with van der Waals surface area (Å²) in [5.41, 5.74) is 0.595. The summed E-state index contributed by atoms with van der Waals surface area (Å²) in [6.07, 6.45) is 0.548. The number of hydrogen-bond donors (Lipinski definition) is 1. The summed E-state index contributed by atoms with van der Waals surface area (Å²) in [4.78, 5) is 36.5. The second-order valence-corrected chi connectivity index (χ2v) is 5.22. The fourth-order valence-corrected chi connectivity index (χ4v) is 2.67. The lowest BCUT2D eigenvalue weighted by Gasteiger charge is -2.14. The molecular formula is C17H16N2O3. The molecule has 3 amide bonds. The van der Waals surface area contributed by atoms with Crippen LogP contribution in [-0.4, -0.2) is 35.7 Å². The van der Waals surface area contributed by atoms with Crippen molar-refractivity contribution in [3.8, 4) is 0 Å². The molecule has 0 spiro atoms. The molecule has 1 fully saturated rings. The summed E-state index contributed by atoms with van der Waals surface area (Å²) in [5, 5.41) is 4.66. The minimum Gasteiger partial charge on any atom is -0.350 e. The molecule has 5 heteroatoms. The average Bonchev–Trinajstić information content (AvgIpc) is 2.86. The van der Waals surface area contributed by atoms with Crippen LogP contribution in [0.2, 0.25) is 0 Å². The number of rotatable bonds is 4. The Morgan fingerprint density at radius 1 is 1.00 bits per heavy atom. The smallest absolute Gasteiger partial charge is 0.251 e. The van der Waals surface area contributed by atoms with Gasteiger partial charge in [-0.15, -0.1) is 0 Å². The molecule has 3 rings (SSSR count). The second-order valence-electron chi connectivity index (χ2n) is 5.22. The van der Waals surface area contributed by atoms with E-state index in [4.69, 9.17) is 0 Å². The van der Waals surface area contributed by atoms with Crippen LogP contribution in [-0.2, 0) is 9.59 Å². The summed E-state index contributed by atoms with van der Waals surface area (Å²) in [6, 6.07) is 13.2. The van der Waals surface area contributed by atoms with Crippen LogP contribution in [0.25, 0.3) is 10.8 Å². The molecule has 5 nitrogen and oxygen atoms in total. The molecule has 2 aromatic carbocycles. The molecule has 1 heterocycles. The first-order valence-electron chi connectivity index (χ1n) is 7.26. The Bertz CT molecular complexity index is 733. The number of hydrogen-bond acceptors (Lipinski definition) is 3. The maximum atomic E-state index is 12.3. The molecule has 112 valence electrons. The molecular weight excluding hydrogens is 280 g/mol. The lowest BCUT2D eigenvalue weighted by Crippen LogP contribution is -2.37. The van der Waals surface area contributed by atoms with Crippen molar-refractivity contribution in [2.24, 2.45) is 0 Å². The summed E-state index contributed by atoms with van der Waals surface area (Å²) < 4.78 is 0. The summed E-state index contributed by atoms with van der Waals surface area (Å²) >= 11 is 0. The average molecular weight is 296 g/mol. The van der Waals surface area contributed by atoms with Crippen molar-refractivity contribution in [3.05, 3.63) is 48.0 Å². The molecule has 0 radical (unpaired) electrons. The number of fused-ring (bicyclic) bond motifs is 1. The first kappa shape index (κ1) is 14.3. The number of nitrogens with one attached hydrogen (secondary N) is 1. The van der Waals surface area contributed by atoms with Crippen molar-refractivity contribution in [1.82, 2.24) is 10.2 Å². The SMILES string of the molecule is O=C(NCCN1C(=O)CCC1=O)c1cccc2ccccc12. The van der Waals surface area contributed by atoms with Gasteiger partial charge >= 0.3 is 0 Å². The van der Waals surface area contributed by atoms with Crippen LogP contribution in [0.1, 0.15) is 23.2 Å². The van der Waals surface area contributed by atoms with Gasteiger partial charge in [-0.25, -0.2) is 0 Å². The predicted octanol–water partition coefficient (Wildman–Crippen LogP) is 1.72. The summed E-state index contributed by atoms with van der Waals surface area (Å²) in [6.45, 7) is 0.494. The fourth-order valence-electron chi connectivity index (χ4n) is 2.67. The topological polar surface area (TPSA) is 66.5 Å². The van der Waals surface area contributed by atoms with Gasteiger partial charge in [-0.1, -0.05) is 36.4 Å². The molecule has 1 aliphatic rings. The van der Waals surface area contributed by atoms with Crippen LogP contribution < -0.4 is 5.32 Å². The Morgan fingerprint density at radius 2 is 1.68 bits per heavy atom. The van der Waals surface area contributed by atoms with E-state index in [1.165, 1.54) is 4.90 Å². The Labute approximate surface area is 127 Å². The molecule has 1 N–H and O–H groups in total. The van der Waals surface area contributed by atoms with E-state index >= 15 is 0 Å². The Balaban J connectivity index is 1.67. The first-order chi connectivity index (χ1) is 10.7. The molecule has 22 heavy (non-hydrogen) atoms. The normalized spacial score (nSPS) is 14.6. The molecule has 0 aromatic heterocycles. The van der Waals surface area contributed by atoms with Gasteiger partial charge in [0.15, 0.2) is 0 Å². The molecule has 0 bridgehead atoms. The highest BCUT2D eigenvalue weighted by Gasteiger charge is 2.28. The van der Waals surface area contributed by atoms with E-state index in [-0.39, 0.29) is 43.7 Å². The highest BCUT2D eigenvalue weighted by Crippen LogP contribution is 2.18. The van der Waals surface area contributed by atoms with E-state index in [1.807, 2.05) is 36.4 Å². The van der Waals surface area contributed by atoms with Gasteiger partial charge in [0.05, 0.1) is 0 Å². The highest BCUT2D eigenvalue weighted by molar-refractivity contribution is 6.07. The Kier molecular flexibility index (Phi) is 3.87. The van der Waals surface area contributed by atoms with Crippen molar-refractivity contribution in [1.29, 1.82) is 0 Å². The van der Waals surface area contributed by atoms with Gasteiger partial charge in [-0.2, -0.15) is 0 Å². The van der Waals surface area contributed by atoms with Crippen molar-refractivity contribution < 1.29 is 14.4 Å². The van der Waals surface area contributed by atoms with Crippen molar-refractivity contribution >= 4 is 28.5 Å². The third-order valence-electron chi connectivity index (χ3n) is 3.81. The Hall–Kier alpha value is -2.69. The number of nitrogens with zero attached hydrogens (tertiary/aromatic N) is 1. The van der Waals surface area contributed by atoms with Gasteiger partial charge < -0.3 is 5.32 Å². The zero-order valence-electron chi connectivity index (χ0n) is 12.0. The lowest BCUT2D eigenvalue weighted by molar-refractivity contribution is -0.138. The number of benzene rings is 2. The number of amides is 3. The van der Waals surface area contributed by atoms with E-state index in [0.29, 0.717) is 5.56 Å². The van der Waals surface area contributed by atoms with Crippen molar-refractivity contribution in [2.45, 2.75) is 12.8 Å². The number of carbonyl (C=O) groups excluding carboxylic acids is 3. The van der Waals surface area contributed by atoms with Crippen molar-refractivity contribution in [3.63, 3.8) is 0 Å². The lowest BCUT2D eigenvalue weighted by atomic mass is 10.0. The van der Waals surface area contributed by atoms with Crippen LogP contribution in [0.3, 0.4) is 0 Å². The van der Waals surface area contributed by atoms with E-state index in [2.05, 4.69) is 5.32 Å². The van der Waals surface area contributed by atoms with E-state index in [0.717, 1.165) is 10.8 Å². The quantitative estimate of drug-likeness (QED) is 0.874. The summed E-state index contributed by atoms with van der Waals surface area (Å²) in [7, 11) is 0. The molecule has 0 saturated carbocycles. The van der Waals surface area contributed by atoms with Crippen molar-refractivity contribution in [2.75, 3.05) is 13.1 Å². The van der Waals surface area contributed by atoms with E-state index in [9.17, 15) is 14.4 Å².